The number of rotatable bonds is 1. The summed E-state index contributed by atoms with van der Waals surface area (Å²) in [5.74, 6) is -1.09. The molecular weight excluding hydrogens is 308 g/mol. The van der Waals surface area contributed by atoms with Crippen molar-refractivity contribution in [2.24, 2.45) is 29.6 Å². The van der Waals surface area contributed by atoms with Crippen LogP contribution in [0.5, 0.6) is 0 Å². The average Bonchev–Trinajstić information content (AvgIpc) is 2.87. The first-order valence-corrected chi connectivity index (χ1v) is 9.11. The minimum atomic E-state index is -0.480. The summed E-state index contributed by atoms with van der Waals surface area (Å²) in [6, 6.07) is 0. The Bertz CT molecular complexity index is 607. The molecule has 130 valence electrons. The first-order chi connectivity index (χ1) is 11.6. The maximum atomic E-state index is 12.9. The van der Waals surface area contributed by atoms with Crippen molar-refractivity contribution in [1.82, 2.24) is 0 Å². The number of esters is 2. The second kappa shape index (κ2) is 6.10. The number of cyclic esters (lactones) is 2. The van der Waals surface area contributed by atoms with Gasteiger partial charge in [0, 0.05) is 13.0 Å². The smallest absolute Gasteiger partial charge is 0.318 e. The fraction of sp³-hybridized carbons (Fsp3) is 0.737. The van der Waals surface area contributed by atoms with Gasteiger partial charge in [-0.3, -0.25) is 14.4 Å². The molecule has 0 unspecified atom stereocenters. The summed E-state index contributed by atoms with van der Waals surface area (Å²) in [6.45, 7) is 0. The van der Waals surface area contributed by atoms with E-state index in [9.17, 15) is 14.4 Å². The van der Waals surface area contributed by atoms with Crippen LogP contribution in [0.4, 0.5) is 0 Å². The van der Waals surface area contributed by atoms with Crippen molar-refractivity contribution >= 4 is 17.7 Å². The van der Waals surface area contributed by atoms with Crippen LogP contribution in [0.2, 0.25) is 0 Å². The van der Waals surface area contributed by atoms with Gasteiger partial charge in [0.15, 0.2) is 5.78 Å². The molecule has 0 N–H and O–H groups in total. The number of methoxy groups -OCH3 is 1. The molecule has 0 spiro atoms. The summed E-state index contributed by atoms with van der Waals surface area (Å²) in [4.78, 5) is 37.1. The Kier molecular flexibility index (Phi) is 4.07. The van der Waals surface area contributed by atoms with Crippen molar-refractivity contribution in [1.29, 1.82) is 0 Å². The Morgan fingerprint density at radius 3 is 2.62 bits per heavy atom. The van der Waals surface area contributed by atoms with Crippen molar-refractivity contribution in [3.05, 3.63) is 11.6 Å². The minimum Gasteiger partial charge on any atom is -0.393 e. The van der Waals surface area contributed by atoms with Gasteiger partial charge in [0.2, 0.25) is 0 Å². The van der Waals surface area contributed by atoms with E-state index in [-0.39, 0.29) is 23.5 Å². The molecular formula is C19H24O5. The quantitative estimate of drug-likeness (QED) is 0.419. The van der Waals surface area contributed by atoms with Crippen LogP contribution in [0, 0.1) is 29.6 Å². The molecule has 3 aliphatic carbocycles. The predicted molar refractivity (Wildman–Crippen MR) is 84.8 cm³/mol. The van der Waals surface area contributed by atoms with Gasteiger partial charge in [0.05, 0.1) is 11.8 Å². The fourth-order valence-corrected chi connectivity index (χ4v) is 5.36. The van der Waals surface area contributed by atoms with E-state index in [0.29, 0.717) is 18.8 Å². The number of ketones is 1. The van der Waals surface area contributed by atoms with E-state index in [1.165, 1.54) is 5.57 Å². The van der Waals surface area contributed by atoms with Gasteiger partial charge in [-0.05, 0) is 43.9 Å². The van der Waals surface area contributed by atoms with Crippen molar-refractivity contribution in [3.8, 4) is 0 Å². The second-order valence-corrected chi connectivity index (χ2v) is 7.71. The topological polar surface area (TPSA) is 69.7 Å². The van der Waals surface area contributed by atoms with E-state index in [1.807, 2.05) is 0 Å². The molecule has 3 fully saturated rings. The third-order valence-electron chi connectivity index (χ3n) is 6.60. The first kappa shape index (κ1) is 16.0. The number of fused-ring (bicyclic) bond motifs is 4. The van der Waals surface area contributed by atoms with Gasteiger partial charge in [-0.15, -0.1) is 0 Å². The van der Waals surface area contributed by atoms with E-state index in [1.54, 1.807) is 7.11 Å². The van der Waals surface area contributed by atoms with Crippen molar-refractivity contribution < 1.29 is 23.9 Å². The highest BCUT2D eigenvalue weighted by Gasteiger charge is 2.53. The third kappa shape index (κ3) is 2.44. The second-order valence-electron chi connectivity index (χ2n) is 7.71. The van der Waals surface area contributed by atoms with E-state index >= 15 is 0 Å². The van der Waals surface area contributed by atoms with Gasteiger partial charge >= 0.3 is 11.9 Å². The van der Waals surface area contributed by atoms with E-state index in [2.05, 4.69) is 6.08 Å². The lowest BCUT2D eigenvalue weighted by Gasteiger charge is -2.41. The van der Waals surface area contributed by atoms with E-state index in [4.69, 9.17) is 9.47 Å². The molecule has 1 heterocycles. The van der Waals surface area contributed by atoms with Crippen LogP contribution in [0.1, 0.15) is 44.9 Å². The molecule has 0 radical (unpaired) electrons. The molecule has 5 heteroatoms. The fourth-order valence-electron chi connectivity index (χ4n) is 5.36. The predicted octanol–water partition coefficient (Wildman–Crippen LogP) is 2.43. The number of Topliss-reactive ketones (excluding diaryl/α,β-unsaturated/α-hetero) is 1. The zero-order valence-corrected chi connectivity index (χ0v) is 14.0. The van der Waals surface area contributed by atoms with Gasteiger partial charge < -0.3 is 9.47 Å². The lowest BCUT2D eigenvalue weighted by Crippen LogP contribution is -2.43. The lowest BCUT2D eigenvalue weighted by atomic mass is 9.63. The maximum Gasteiger partial charge on any atom is 0.318 e. The summed E-state index contributed by atoms with van der Waals surface area (Å²) in [5, 5.41) is 0. The molecule has 5 nitrogen and oxygen atoms in total. The third-order valence-corrected chi connectivity index (χ3v) is 6.60. The maximum absolute atomic E-state index is 12.9. The van der Waals surface area contributed by atoms with Crippen molar-refractivity contribution in [2.75, 3.05) is 7.11 Å². The molecule has 6 atom stereocenters. The summed E-state index contributed by atoms with van der Waals surface area (Å²) in [7, 11) is 1.57. The molecule has 0 bridgehead atoms. The molecule has 1 aliphatic heterocycles. The monoisotopic (exact) mass is 332 g/mol. The van der Waals surface area contributed by atoms with Crippen LogP contribution in [-0.4, -0.2) is 30.9 Å². The largest absolute Gasteiger partial charge is 0.393 e. The minimum absolute atomic E-state index is 0.0837. The van der Waals surface area contributed by atoms with Crippen LogP contribution in [0.25, 0.3) is 0 Å². The van der Waals surface area contributed by atoms with Crippen LogP contribution >= 0.6 is 0 Å². The number of ether oxygens (including phenoxy) is 2. The average molecular weight is 332 g/mol. The SMILES string of the molecule is CO[C@@H]1C[C@@H]2C(=CC[C@@H]3C(=O)OC(=O)[C@@H]32)C[C@H]2CCCC[C@H]2C1=O. The number of carbonyl (C=O) groups is 3. The normalized spacial score (nSPS) is 42.2. The number of hydrogen-bond donors (Lipinski definition) is 0. The number of hydrogen-bond acceptors (Lipinski definition) is 5. The van der Waals surface area contributed by atoms with Crippen molar-refractivity contribution in [3.63, 3.8) is 0 Å². The Morgan fingerprint density at radius 1 is 1.04 bits per heavy atom. The zero-order chi connectivity index (χ0) is 16.8. The Morgan fingerprint density at radius 2 is 1.83 bits per heavy atom. The molecule has 4 aliphatic rings. The summed E-state index contributed by atoms with van der Waals surface area (Å²) in [5.41, 5.74) is 1.24. The molecule has 24 heavy (non-hydrogen) atoms. The number of carbonyl (C=O) groups excluding carboxylic acids is 3. The first-order valence-electron chi connectivity index (χ1n) is 9.11. The Balaban J connectivity index is 1.70. The highest BCUT2D eigenvalue weighted by molar-refractivity contribution is 5.97. The van der Waals surface area contributed by atoms with Crippen LogP contribution < -0.4 is 0 Å². The highest BCUT2D eigenvalue weighted by atomic mass is 16.6. The lowest BCUT2D eigenvalue weighted by molar-refractivity contribution is -0.154. The molecule has 1 saturated heterocycles. The molecule has 0 aromatic rings. The highest BCUT2D eigenvalue weighted by Crippen LogP contribution is 2.48. The molecule has 0 aromatic carbocycles. The van der Waals surface area contributed by atoms with Crippen LogP contribution in [-0.2, 0) is 23.9 Å². The summed E-state index contributed by atoms with van der Waals surface area (Å²) < 4.78 is 10.4. The van der Waals surface area contributed by atoms with Crippen LogP contribution in [0.15, 0.2) is 11.6 Å². The van der Waals surface area contributed by atoms with Gasteiger partial charge in [-0.2, -0.15) is 0 Å². The van der Waals surface area contributed by atoms with Gasteiger partial charge in [-0.1, -0.05) is 24.5 Å². The zero-order valence-electron chi connectivity index (χ0n) is 14.0. The summed E-state index contributed by atoms with van der Waals surface area (Å²) in [6.07, 6.45) is 7.91. The van der Waals surface area contributed by atoms with Crippen molar-refractivity contribution in [2.45, 2.75) is 51.0 Å². The van der Waals surface area contributed by atoms with Gasteiger partial charge in [-0.25, -0.2) is 0 Å². The molecule has 0 amide bonds. The molecule has 0 aromatic heterocycles. The van der Waals surface area contributed by atoms with Gasteiger partial charge in [0.25, 0.3) is 0 Å². The Hall–Kier alpha value is -1.49. The van der Waals surface area contributed by atoms with Crippen LogP contribution in [0.3, 0.4) is 0 Å². The standard InChI is InChI=1S/C19H24O5/c1-23-15-9-14-11(6-7-13-16(14)19(22)24-18(13)21)8-10-4-2-3-5-12(10)17(15)20/h6,10,12-16H,2-5,7-9H2,1H3/t10-,12-,13+,14-,15-,16+/m1/s1. The summed E-state index contributed by atoms with van der Waals surface area (Å²) >= 11 is 0. The Labute approximate surface area is 141 Å². The van der Waals surface area contributed by atoms with Gasteiger partial charge in [0.1, 0.15) is 6.10 Å². The van der Waals surface area contributed by atoms with E-state index < -0.39 is 24.0 Å². The van der Waals surface area contributed by atoms with E-state index in [0.717, 1.165) is 32.1 Å². The number of allylic oxidation sites excluding steroid dienone is 2. The molecule has 4 rings (SSSR count). The molecule has 2 saturated carbocycles.